The van der Waals surface area contributed by atoms with E-state index in [1.165, 1.54) is 5.56 Å². The fraction of sp³-hybridized carbons (Fsp3) is 0.438. The molecule has 3 rings (SSSR count). The van der Waals surface area contributed by atoms with E-state index < -0.39 is 5.97 Å². The molecule has 0 unspecified atom stereocenters. The van der Waals surface area contributed by atoms with Gasteiger partial charge in [0.15, 0.2) is 0 Å². The number of rotatable bonds is 2. The molecule has 4 heteroatoms. The van der Waals surface area contributed by atoms with E-state index in [1.807, 2.05) is 23.7 Å². The Morgan fingerprint density at radius 1 is 1.35 bits per heavy atom. The smallest absolute Gasteiger partial charge is 0.352 e. The van der Waals surface area contributed by atoms with Gasteiger partial charge in [-0.15, -0.1) is 0 Å². The van der Waals surface area contributed by atoms with E-state index in [0.29, 0.717) is 11.6 Å². The third-order valence-corrected chi connectivity index (χ3v) is 4.34. The Morgan fingerprint density at radius 3 is 2.70 bits per heavy atom. The molecular weight excluding hydrogens is 252 g/mol. The molecule has 2 heterocycles. The molecule has 20 heavy (non-hydrogen) atoms. The Bertz CT molecular complexity index is 667. The lowest BCUT2D eigenvalue weighted by molar-refractivity contribution is 0.0685. The molecule has 0 spiro atoms. The molecule has 1 aromatic heterocycles. The molecule has 1 aromatic carbocycles. The zero-order valence-corrected chi connectivity index (χ0v) is 11.9. The lowest BCUT2D eigenvalue weighted by Gasteiger charge is -2.23. The van der Waals surface area contributed by atoms with Crippen molar-refractivity contribution in [2.75, 3.05) is 13.1 Å². The highest BCUT2D eigenvalue weighted by Gasteiger charge is 2.27. The van der Waals surface area contributed by atoms with E-state index in [1.54, 1.807) is 0 Å². The second-order valence-corrected chi connectivity index (χ2v) is 5.67. The van der Waals surface area contributed by atoms with Crippen LogP contribution in [0.2, 0.25) is 0 Å². The molecule has 1 aliphatic rings. The van der Waals surface area contributed by atoms with Crippen LogP contribution >= 0.6 is 0 Å². The first-order valence-corrected chi connectivity index (χ1v) is 7.12. The number of hydrogen-bond donors (Lipinski definition) is 2. The minimum absolute atomic E-state index is 0.341. The maximum Gasteiger partial charge on any atom is 0.352 e. The van der Waals surface area contributed by atoms with Crippen molar-refractivity contribution in [1.82, 2.24) is 9.88 Å². The number of aryl methyl sites for hydroxylation is 2. The molecule has 0 radical (unpaired) electrons. The van der Waals surface area contributed by atoms with Gasteiger partial charge < -0.3 is 15.0 Å². The average molecular weight is 272 g/mol. The van der Waals surface area contributed by atoms with Crippen molar-refractivity contribution in [3.8, 4) is 0 Å². The van der Waals surface area contributed by atoms with Crippen LogP contribution in [0.5, 0.6) is 0 Å². The SMILES string of the molecule is Cc1ccc2c(c1)c(C1CCNCC1)c(C(=O)O)n2C. The zero-order valence-electron chi connectivity index (χ0n) is 11.9. The summed E-state index contributed by atoms with van der Waals surface area (Å²) in [7, 11) is 1.85. The third-order valence-electron chi connectivity index (χ3n) is 4.34. The summed E-state index contributed by atoms with van der Waals surface area (Å²) >= 11 is 0. The molecule has 1 aliphatic heterocycles. The number of aromatic carboxylic acids is 1. The molecule has 2 N–H and O–H groups in total. The van der Waals surface area contributed by atoms with E-state index >= 15 is 0 Å². The molecule has 2 aromatic rings. The highest BCUT2D eigenvalue weighted by atomic mass is 16.4. The first-order chi connectivity index (χ1) is 9.59. The monoisotopic (exact) mass is 272 g/mol. The Kier molecular flexibility index (Phi) is 3.26. The number of carboxylic acids is 1. The number of carboxylic acid groups (broad SMARTS) is 1. The number of carbonyl (C=O) groups is 1. The lowest BCUT2D eigenvalue weighted by atomic mass is 9.88. The number of nitrogens with one attached hydrogen (secondary N) is 1. The van der Waals surface area contributed by atoms with E-state index in [4.69, 9.17) is 0 Å². The van der Waals surface area contributed by atoms with Crippen LogP contribution in [0.3, 0.4) is 0 Å². The van der Waals surface area contributed by atoms with Gasteiger partial charge in [-0.1, -0.05) is 11.6 Å². The molecular formula is C16H20N2O2. The van der Waals surface area contributed by atoms with Crippen LogP contribution < -0.4 is 5.32 Å². The number of hydrogen-bond acceptors (Lipinski definition) is 2. The fourth-order valence-electron chi connectivity index (χ4n) is 3.37. The molecule has 4 nitrogen and oxygen atoms in total. The number of piperidine rings is 1. The molecule has 106 valence electrons. The number of aromatic nitrogens is 1. The summed E-state index contributed by atoms with van der Waals surface area (Å²) in [6, 6.07) is 6.20. The Morgan fingerprint density at radius 2 is 2.05 bits per heavy atom. The molecule has 0 aliphatic carbocycles. The van der Waals surface area contributed by atoms with Gasteiger partial charge in [-0.05, 0) is 56.5 Å². The van der Waals surface area contributed by atoms with Crippen molar-refractivity contribution in [2.45, 2.75) is 25.7 Å². The Labute approximate surface area is 118 Å². The zero-order chi connectivity index (χ0) is 14.3. The molecule has 0 saturated carbocycles. The summed E-state index contributed by atoms with van der Waals surface area (Å²) < 4.78 is 1.83. The van der Waals surface area contributed by atoms with Crippen LogP contribution in [0.25, 0.3) is 10.9 Å². The van der Waals surface area contributed by atoms with Crippen LogP contribution in [-0.4, -0.2) is 28.7 Å². The largest absolute Gasteiger partial charge is 0.477 e. The fourth-order valence-corrected chi connectivity index (χ4v) is 3.37. The van der Waals surface area contributed by atoms with Gasteiger partial charge >= 0.3 is 5.97 Å². The average Bonchev–Trinajstić information content (AvgIpc) is 2.72. The summed E-state index contributed by atoms with van der Waals surface area (Å²) in [5, 5.41) is 14.1. The summed E-state index contributed by atoms with van der Waals surface area (Å²) in [4.78, 5) is 11.7. The topological polar surface area (TPSA) is 54.3 Å². The molecule has 0 atom stereocenters. The van der Waals surface area contributed by atoms with E-state index in [-0.39, 0.29) is 0 Å². The number of nitrogens with zero attached hydrogens (tertiary/aromatic N) is 1. The van der Waals surface area contributed by atoms with Gasteiger partial charge in [0.1, 0.15) is 5.69 Å². The minimum atomic E-state index is -0.824. The van der Waals surface area contributed by atoms with Crippen LogP contribution in [0.1, 0.15) is 40.4 Å². The Balaban J connectivity index is 2.28. The van der Waals surface area contributed by atoms with Crippen molar-refractivity contribution in [3.05, 3.63) is 35.0 Å². The highest BCUT2D eigenvalue weighted by molar-refractivity contribution is 5.98. The predicted molar refractivity (Wildman–Crippen MR) is 79.5 cm³/mol. The standard InChI is InChI=1S/C16H20N2O2/c1-10-3-4-13-12(9-10)14(11-5-7-17-8-6-11)15(16(19)20)18(13)2/h3-4,9,11,17H,5-8H2,1-2H3,(H,19,20). The highest BCUT2D eigenvalue weighted by Crippen LogP contribution is 2.36. The molecule has 1 saturated heterocycles. The molecule has 1 fully saturated rings. The van der Waals surface area contributed by atoms with Gasteiger partial charge in [0.25, 0.3) is 0 Å². The van der Waals surface area contributed by atoms with Gasteiger partial charge in [-0.25, -0.2) is 4.79 Å². The van der Waals surface area contributed by atoms with Crippen molar-refractivity contribution in [1.29, 1.82) is 0 Å². The van der Waals surface area contributed by atoms with Gasteiger partial charge in [0.2, 0.25) is 0 Å². The number of fused-ring (bicyclic) bond motifs is 1. The van der Waals surface area contributed by atoms with E-state index in [2.05, 4.69) is 18.3 Å². The van der Waals surface area contributed by atoms with Crippen LogP contribution in [-0.2, 0) is 7.05 Å². The van der Waals surface area contributed by atoms with Crippen molar-refractivity contribution in [2.24, 2.45) is 7.05 Å². The summed E-state index contributed by atoms with van der Waals surface area (Å²) in [6.45, 7) is 3.98. The number of benzene rings is 1. The predicted octanol–water partition coefficient (Wildman–Crippen LogP) is 2.65. The summed E-state index contributed by atoms with van der Waals surface area (Å²) in [6.07, 6.45) is 2.01. The molecule has 0 amide bonds. The first kappa shape index (κ1) is 13.2. The van der Waals surface area contributed by atoms with Gasteiger partial charge in [-0.3, -0.25) is 0 Å². The van der Waals surface area contributed by atoms with Crippen molar-refractivity contribution >= 4 is 16.9 Å². The van der Waals surface area contributed by atoms with E-state index in [0.717, 1.165) is 42.4 Å². The normalized spacial score (nSPS) is 16.7. The van der Waals surface area contributed by atoms with Crippen molar-refractivity contribution < 1.29 is 9.90 Å². The summed E-state index contributed by atoms with van der Waals surface area (Å²) in [5.41, 5.74) is 3.68. The van der Waals surface area contributed by atoms with Crippen LogP contribution in [0, 0.1) is 6.92 Å². The second-order valence-electron chi connectivity index (χ2n) is 5.67. The van der Waals surface area contributed by atoms with Gasteiger partial charge in [-0.2, -0.15) is 0 Å². The van der Waals surface area contributed by atoms with Gasteiger partial charge in [0.05, 0.1) is 0 Å². The minimum Gasteiger partial charge on any atom is -0.477 e. The van der Waals surface area contributed by atoms with Gasteiger partial charge in [0, 0.05) is 18.0 Å². The molecule has 0 bridgehead atoms. The Hall–Kier alpha value is -1.81. The van der Waals surface area contributed by atoms with Crippen LogP contribution in [0.4, 0.5) is 0 Å². The van der Waals surface area contributed by atoms with Crippen LogP contribution in [0.15, 0.2) is 18.2 Å². The maximum atomic E-state index is 11.7. The lowest BCUT2D eigenvalue weighted by Crippen LogP contribution is -2.27. The quantitative estimate of drug-likeness (QED) is 0.883. The third kappa shape index (κ3) is 2.00. The summed E-state index contributed by atoms with van der Waals surface area (Å²) in [5.74, 6) is -0.484. The van der Waals surface area contributed by atoms with E-state index in [9.17, 15) is 9.90 Å². The maximum absolute atomic E-state index is 11.7. The van der Waals surface area contributed by atoms with Crippen molar-refractivity contribution in [3.63, 3.8) is 0 Å². The second kappa shape index (κ2) is 4.94. The first-order valence-electron chi connectivity index (χ1n) is 7.12.